The van der Waals surface area contributed by atoms with E-state index >= 15 is 0 Å². The van der Waals surface area contributed by atoms with Gasteiger partial charge in [-0.2, -0.15) is 0 Å². The number of nitrogens with two attached hydrogens (primary N) is 1. The average Bonchev–Trinajstić information content (AvgIpc) is 2.78. The predicted octanol–water partition coefficient (Wildman–Crippen LogP) is 1.86. The molecule has 1 heterocycles. The first-order chi connectivity index (χ1) is 8.78. The number of ether oxygens (including phenoxy) is 2. The number of imidazole rings is 1. The molecular weight excluding hydrogens is 230 g/mol. The standard InChI is InChI=1S/C13H19N3O2/c1-17-11-7-9-10(8-12(11)18-2)16-13(15-9)5-3-4-6-14/h7-8H,3-6,14H2,1-2H3,(H,15,16). The summed E-state index contributed by atoms with van der Waals surface area (Å²) in [5.41, 5.74) is 7.35. The van der Waals surface area contributed by atoms with E-state index in [0.717, 1.165) is 42.7 Å². The summed E-state index contributed by atoms with van der Waals surface area (Å²) in [5.74, 6) is 2.39. The maximum Gasteiger partial charge on any atom is 0.163 e. The zero-order chi connectivity index (χ0) is 13.0. The number of aryl methyl sites for hydroxylation is 1. The predicted molar refractivity (Wildman–Crippen MR) is 71.2 cm³/mol. The number of fused-ring (bicyclic) bond motifs is 1. The fourth-order valence-corrected chi connectivity index (χ4v) is 1.94. The summed E-state index contributed by atoms with van der Waals surface area (Å²) >= 11 is 0. The number of rotatable bonds is 6. The summed E-state index contributed by atoms with van der Waals surface area (Å²) in [6, 6.07) is 3.80. The van der Waals surface area contributed by atoms with Crippen LogP contribution in [-0.4, -0.2) is 30.7 Å². The topological polar surface area (TPSA) is 73.2 Å². The fourth-order valence-electron chi connectivity index (χ4n) is 1.94. The molecule has 0 aliphatic heterocycles. The van der Waals surface area contributed by atoms with Gasteiger partial charge in [-0.1, -0.05) is 0 Å². The molecule has 3 N–H and O–H groups in total. The van der Waals surface area contributed by atoms with Gasteiger partial charge in [0.2, 0.25) is 0 Å². The molecule has 0 radical (unpaired) electrons. The van der Waals surface area contributed by atoms with Gasteiger partial charge in [0.15, 0.2) is 11.5 Å². The molecule has 0 atom stereocenters. The van der Waals surface area contributed by atoms with E-state index in [1.54, 1.807) is 14.2 Å². The van der Waals surface area contributed by atoms with Crippen molar-refractivity contribution in [2.75, 3.05) is 20.8 Å². The molecule has 0 saturated carbocycles. The number of H-pyrrole nitrogens is 1. The van der Waals surface area contributed by atoms with Gasteiger partial charge in [-0.05, 0) is 19.4 Å². The molecule has 1 aromatic heterocycles. The number of aromatic nitrogens is 2. The molecule has 0 aliphatic carbocycles. The van der Waals surface area contributed by atoms with Crippen LogP contribution in [0.15, 0.2) is 12.1 Å². The number of methoxy groups -OCH3 is 2. The van der Waals surface area contributed by atoms with E-state index in [-0.39, 0.29) is 0 Å². The lowest BCUT2D eigenvalue weighted by Gasteiger charge is -2.06. The summed E-state index contributed by atoms with van der Waals surface area (Å²) < 4.78 is 10.5. The van der Waals surface area contributed by atoms with Gasteiger partial charge in [0.05, 0.1) is 25.3 Å². The summed E-state index contributed by atoms with van der Waals surface area (Å²) in [7, 11) is 3.25. The van der Waals surface area contributed by atoms with Crippen LogP contribution in [0.4, 0.5) is 0 Å². The van der Waals surface area contributed by atoms with Crippen molar-refractivity contribution >= 4 is 11.0 Å². The first-order valence-corrected chi connectivity index (χ1v) is 6.09. The van der Waals surface area contributed by atoms with Crippen LogP contribution >= 0.6 is 0 Å². The second-order valence-corrected chi connectivity index (χ2v) is 4.15. The number of nitrogens with one attached hydrogen (secondary N) is 1. The minimum atomic E-state index is 0.699. The SMILES string of the molecule is COc1cc2nc(CCCCN)[nH]c2cc1OC. The first-order valence-electron chi connectivity index (χ1n) is 6.09. The Balaban J connectivity index is 2.27. The minimum Gasteiger partial charge on any atom is -0.493 e. The van der Waals surface area contributed by atoms with Crippen LogP contribution in [0, 0.1) is 0 Å². The highest BCUT2D eigenvalue weighted by Gasteiger charge is 2.09. The number of aromatic amines is 1. The van der Waals surface area contributed by atoms with Gasteiger partial charge in [0, 0.05) is 18.6 Å². The van der Waals surface area contributed by atoms with E-state index in [0.29, 0.717) is 11.5 Å². The third-order valence-electron chi connectivity index (χ3n) is 2.90. The summed E-state index contributed by atoms with van der Waals surface area (Å²) in [6.07, 6.45) is 2.98. The Morgan fingerprint density at radius 1 is 1.17 bits per heavy atom. The van der Waals surface area contributed by atoms with Gasteiger partial charge >= 0.3 is 0 Å². The lowest BCUT2D eigenvalue weighted by molar-refractivity contribution is 0.356. The van der Waals surface area contributed by atoms with Gasteiger partial charge in [-0.3, -0.25) is 0 Å². The van der Waals surface area contributed by atoms with E-state index in [1.807, 2.05) is 12.1 Å². The number of benzene rings is 1. The summed E-state index contributed by atoms with van der Waals surface area (Å²) in [4.78, 5) is 7.83. The minimum absolute atomic E-state index is 0.699. The molecular formula is C13H19N3O2. The van der Waals surface area contributed by atoms with Crippen LogP contribution < -0.4 is 15.2 Å². The van der Waals surface area contributed by atoms with Crippen LogP contribution in [0.5, 0.6) is 11.5 Å². The molecule has 2 aromatic rings. The Bertz CT molecular complexity index is 481. The normalized spacial score (nSPS) is 10.8. The molecule has 0 spiro atoms. The Morgan fingerprint density at radius 2 is 1.89 bits per heavy atom. The molecule has 0 saturated heterocycles. The van der Waals surface area contributed by atoms with E-state index in [2.05, 4.69) is 9.97 Å². The molecule has 18 heavy (non-hydrogen) atoms. The van der Waals surface area contributed by atoms with Crippen molar-refractivity contribution in [3.63, 3.8) is 0 Å². The van der Waals surface area contributed by atoms with Crippen molar-refractivity contribution in [2.24, 2.45) is 5.73 Å². The Morgan fingerprint density at radius 3 is 2.56 bits per heavy atom. The van der Waals surface area contributed by atoms with Crippen molar-refractivity contribution in [3.05, 3.63) is 18.0 Å². The highest BCUT2D eigenvalue weighted by atomic mass is 16.5. The van der Waals surface area contributed by atoms with Crippen LogP contribution in [-0.2, 0) is 6.42 Å². The quantitative estimate of drug-likeness (QED) is 0.766. The number of hydrogen-bond donors (Lipinski definition) is 2. The smallest absolute Gasteiger partial charge is 0.163 e. The second-order valence-electron chi connectivity index (χ2n) is 4.15. The Kier molecular flexibility index (Phi) is 4.04. The summed E-state index contributed by atoms with van der Waals surface area (Å²) in [6.45, 7) is 0.724. The van der Waals surface area contributed by atoms with Gasteiger partial charge in [0.25, 0.3) is 0 Å². The first kappa shape index (κ1) is 12.7. The van der Waals surface area contributed by atoms with Gasteiger partial charge in [-0.15, -0.1) is 0 Å². The molecule has 0 unspecified atom stereocenters. The van der Waals surface area contributed by atoms with Crippen LogP contribution in [0.1, 0.15) is 18.7 Å². The van der Waals surface area contributed by atoms with Crippen molar-refractivity contribution in [2.45, 2.75) is 19.3 Å². The van der Waals surface area contributed by atoms with E-state index in [9.17, 15) is 0 Å². The molecule has 1 aromatic carbocycles. The van der Waals surface area contributed by atoms with Crippen molar-refractivity contribution in [1.82, 2.24) is 9.97 Å². The molecule has 0 amide bonds. The summed E-state index contributed by atoms with van der Waals surface area (Å²) in [5, 5.41) is 0. The third kappa shape index (κ3) is 2.56. The number of nitrogens with zero attached hydrogens (tertiary/aromatic N) is 1. The maximum absolute atomic E-state index is 5.48. The fraction of sp³-hybridized carbons (Fsp3) is 0.462. The van der Waals surface area contributed by atoms with E-state index < -0.39 is 0 Å². The molecule has 0 bridgehead atoms. The lowest BCUT2D eigenvalue weighted by atomic mass is 10.2. The van der Waals surface area contributed by atoms with Gasteiger partial charge < -0.3 is 20.2 Å². The monoisotopic (exact) mass is 249 g/mol. The van der Waals surface area contributed by atoms with Crippen molar-refractivity contribution in [1.29, 1.82) is 0 Å². The van der Waals surface area contributed by atoms with Crippen molar-refractivity contribution < 1.29 is 9.47 Å². The lowest BCUT2D eigenvalue weighted by Crippen LogP contribution is -1.99. The third-order valence-corrected chi connectivity index (χ3v) is 2.90. The van der Waals surface area contributed by atoms with Crippen molar-refractivity contribution in [3.8, 4) is 11.5 Å². The highest BCUT2D eigenvalue weighted by molar-refractivity contribution is 5.79. The number of hydrogen-bond acceptors (Lipinski definition) is 4. The maximum atomic E-state index is 5.48. The zero-order valence-corrected chi connectivity index (χ0v) is 10.8. The zero-order valence-electron chi connectivity index (χ0n) is 10.8. The molecule has 5 nitrogen and oxygen atoms in total. The van der Waals surface area contributed by atoms with Crippen LogP contribution in [0.3, 0.4) is 0 Å². The average molecular weight is 249 g/mol. The highest BCUT2D eigenvalue weighted by Crippen LogP contribution is 2.31. The van der Waals surface area contributed by atoms with Gasteiger partial charge in [0.1, 0.15) is 5.82 Å². The van der Waals surface area contributed by atoms with Gasteiger partial charge in [-0.25, -0.2) is 4.98 Å². The van der Waals surface area contributed by atoms with Crippen LogP contribution in [0.25, 0.3) is 11.0 Å². The largest absolute Gasteiger partial charge is 0.493 e. The Labute approximate surface area is 106 Å². The Hall–Kier alpha value is -1.75. The van der Waals surface area contributed by atoms with Crippen LogP contribution in [0.2, 0.25) is 0 Å². The van der Waals surface area contributed by atoms with E-state index in [4.69, 9.17) is 15.2 Å². The second kappa shape index (κ2) is 5.73. The van der Waals surface area contributed by atoms with E-state index in [1.165, 1.54) is 0 Å². The number of unbranched alkanes of at least 4 members (excludes halogenated alkanes) is 1. The molecule has 0 fully saturated rings. The molecule has 98 valence electrons. The molecule has 5 heteroatoms. The molecule has 2 rings (SSSR count). The molecule has 0 aliphatic rings.